The maximum absolute atomic E-state index is 13.6. The van der Waals surface area contributed by atoms with Crippen LogP contribution in [0, 0.1) is 12.8 Å². The molecule has 0 bridgehead atoms. The number of hydrogen-bond acceptors (Lipinski definition) is 4. The van der Waals surface area contributed by atoms with Gasteiger partial charge in [0.05, 0.1) is 17.7 Å². The van der Waals surface area contributed by atoms with Gasteiger partial charge in [0.25, 0.3) is 10.0 Å². The summed E-state index contributed by atoms with van der Waals surface area (Å²) < 4.78 is 33.8. The van der Waals surface area contributed by atoms with Crippen molar-refractivity contribution < 1.29 is 17.9 Å². The molecule has 0 aliphatic rings. The van der Waals surface area contributed by atoms with Crippen molar-refractivity contribution in [2.75, 3.05) is 24.5 Å². The van der Waals surface area contributed by atoms with Crippen LogP contribution in [0.2, 0.25) is 0 Å². The molecule has 4 aromatic carbocycles. The Balaban J connectivity index is 1.51. The monoisotopic (exact) mass is 516 g/mol. The second-order valence-electron chi connectivity index (χ2n) is 9.25. The van der Waals surface area contributed by atoms with Crippen molar-refractivity contribution in [1.29, 1.82) is 0 Å². The van der Waals surface area contributed by atoms with Crippen molar-refractivity contribution in [2.45, 2.75) is 25.2 Å². The van der Waals surface area contributed by atoms with Gasteiger partial charge in [-0.05, 0) is 59.9 Å². The number of benzene rings is 4. The minimum Gasteiger partial charge on any atom is -0.495 e. The van der Waals surface area contributed by atoms with E-state index < -0.39 is 10.0 Å². The van der Waals surface area contributed by atoms with Crippen LogP contribution in [-0.4, -0.2) is 34.5 Å². The largest absolute Gasteiger partial charge is 0.495 e. The van der Waals surface area contributed by atoms with E-state index >= 15 is 0 Å². The van der Waals surface area contributed by atoms with Gasteiger partial charge in [0, 0.05) is 6.54 Å². The zero-order valence-electron chi connectivity index (χ0n) is 21.3. The first-order valence-electron chi connectivity index (χ1n) is 12.3. The highest BCUT2D eigenvalue weighted by Crippen LogP contribution is 2.32. The molecule has 0 aliphatic heterocycles. The normalized spacial score (nSPS) is 12.2. The number of carbonyl (C=O) groups excluding carboxylic acids is 1. The number of aryl methyl sites for hydroxylation is 1. The maximum atomic E-state index is 13.6. The lowest BCUT2D eigenvalue weighted by Crippen LogP contribution is -2.42. The Labute approximate surface area is 218 Å². The molecule has 0 radical (unpaired) electrons. The van der Waals surface area contributed by atoms with E-state index in [4.69, 9.17) is 4.74 Å². The summed E-state index contributed by atoms with van der Waals surface area (Å²) in [7, 11) is -2.54. The number of carbonyl (C=O) groups is 1. The molecule has 0 saturated carbocycles. The average Bonchev–Trinajstić information content (AvgIpc) is 2.91. The minimum atomic E-state index is -4.02. The number of sulfonamides is 1. The summed E-state index contributed by atoms with van der Waals surface area (Å²) in [5.41, 5.74) is 2.47. The van der Waals surface area contributed by atoms with Crippen LogP contribution in [0.4, 0.5) is 5.69 Å². The summed E-state index contributed by atoms with van der Waals surface area (Å²) in [6.07, 6.45) is 0.791. The van der Waals surface area contributed by atoms with Crippen LogP contribution in [0.5, 0.6) is 5.75 Å². The topological polar surface area (TPSA) is 75.7 Å². The highest BCUT2D eigenvalue weighted by atomic mass is 32.2. The summed E-state index contributed by atoms with van der Waals surface area (Å²) in [6.45, 7) is 4.02. The summed E-state index contributed by atoms with van der Waals surface area (Å²) in [4.78, 5) is 13.2. The molecule has 1 amide bonds. The molecule has 1 N–H and O–H groups in total. The van der Waals surface area contributed by atoms with Gasteiger partial charge < -0.3 is 10.1 Å². The summed E-state index contributed by atoms with van der Waals surface area (Å²) >= 11 is 0. The number of rotatable bonds is 10. The predicted molar refractivity (Wildman–Crippen MR) is 149 cm³/mol. The van der Waals surface area contributed by atoms with E-state index in [1.165, 1.54) is 23.4 Å². The average molecular weight is 517 g/mol. The molecule has 0 aliphatic carbocycles. The zero-order valence-corrected chi connectivity index (χ0v) is 22.2. The molecule has 0 spiro atoms. The van der Waals surface area contributed by atoms with Crippen molar-refractivity contribution >= 4 is 32.4 Å². The van der Waals surface area contributed by atoms with Gasteiger partial charge in [-0.2, -0.15) is 0 Å². The number of nitrogens with one attached hydrogen (secondary N) is 1. The van der Waals surface area contributed by atoms with Gasteiger partial charge in [-0.3, -0.25) is 9.10 Å². The van der Waals surface area contributed by atoms with Gasteiger partial charge in [-0.15, -0.1) is 0 Å². The van der Waals surface area contributed by atoms with Crippen molar-refractivity contribution in [1.82, 2.24) is 5.32 Å². The van der Waals surface area contributed by atoms with E-state index in [2.05, 4.69) is 36.5 Å². The Kier molecular flexibility index (Phi) is 8.14. The van der Waals surface area contributed by atoms with Gasteiger partial charge in [-0.1, -0.05) is 79.2 Å². The van der Waals surface area contributed by atoms with E-state index in [9.17, 15) is 13.2 Å². The second kappa shape index (κ2) is 11.5. The third-order valence-corrected chi connectivity index (χ3v) is 8.12. The smallest absolute Gasteiger partial charge is 0.264 e. The Morgan fingerprint density at radius 1 is 0.919 bits per heavy atom. The van der Waals surface area contributed by atoms with Crippen LogP contribution in [0.3, 0.4) is 0 Å². The molecule has 4 aromatic rings. The van der Waals surface area contributed by atoms with Crippen molar-refractivity contribution in [3.05, 3.63) is 102 Å². The van der Waals surface area contributed by atoms with E-state index in [-0.39, 0.29) is 23.3 Å². The summed E-state index contributed by atoms with van der Waals surface area (Å²) in [6, 6.07) is 27.9. The fourth-order valence-electron chi connectivity index (χ4n) is 4.37. The van der Waals surface area contributed by atoms with Crippen LogP contribution in [0.1, 0.15) is 18.1 Å². The fraction of sp³-hybridized carbons (Fsp3) is 0.233. The Morgan fingerprint density at radius 2 is 1.59 bits per heavy atom. The molecule has 1 atom stereocenters. The molecule has 7 heteroatoms. The number of amides is 1. The van der Waals surface area contributed by atoms with E-state index in [0.717, 1.165) is 16.3 Å². The molecule has 4 rings (SSSR count). The zero-order chi connectivity index (χ0) is 26.4. The molecule has 37 heavy (non-hydrogen) atoms. The fourth-order valence-corrected chi connectivity index (χ4v) is 5.80. The van der Waals surface area contributed by atoms with Gasteiger partial charge in [0.15, 0.2) is 0 Å². The lowest BCUT2D eigenvalue weighted by Gasteiger charge is -2.26. The van der Waals surface area contributed by atoms with Gasteiger partial charge in [0.2, 0.25) is 5.91 Å². The number of ether oxygens (including phenoxy) is 1. The molecule has 1 unspecified atom stereocenters. The summed E-state index contributed by atoms with van der Waals surface area (Å²) in [5.74, 6) is 0.143. The van der Waals surface area contributed by atoms with Crippen LogP contribution >= 0.6 is 0 Å². The van der Waals surface area contributed by atoms with Crippen LogP contribution in [0.15, 0.2) is 95.9 Å². The molecular formula is C30H32N2O4S. The van der Waals surface area contributed by atoms with Crippen LogP contribution in [-0.2, 0) is 21.2 Å². The predicted octanol–water partition coefficient (Wildman–Crippen LogP) is 5.35. The van der Waals surface area contributed by atoms with Gasteiger partial charge in [0.1, 0.15) is 12.3 Å². The molecule has 192 valence electrons. The second-order valence-corrected chi connectivity index (χ2v) is 11.1. The third-order valence-electron chi connectivity index (χ3n) is 6.35. The molecule has 0 heterocycles. The first kappa shape index (κ1) is 26.2. The first-order valence-corrected chi connectivity index (χ1v) is 13.7. The molecule has 0 aromatic heterocycles. The lowest BCUT2D eigenvalue weighted by atomic mass is 9.96. The molecule has 0 fully saturated rings. The first-order chi connectivity index (χ1) is 17.8. The number of nitrogens with zero attached hydrogens (tertiary/aromatic N) is 1. The number of hydrogen-bond donors (Lipinski definition) is 1. The quantitative estimate of drug-likeness (QED) is 0.308. The Bertz CT molecular complexity index is 1480. The summed E-state index contributed by atoms with van der Waals surface area (Å²) in [5, 5.41) is 5.32. The van der Waals surface area contributed by atoms with Crippen LogP contribution < -0.4 is 14.4 Å². The van der Waals surface area contributed by atoms with Crippen LogP contribution in [0.25, 0.3) is 10.8 Å². The number of fused-ring (bicyclic) bond motifs is 1. The van der Waals surface area contributed by atoms with E-state index in [1.54, 1.807) is 48.5 Å². The molecule has 0 saturated heterocycles. The van der Waals surface area contributed by atoms with E-state index in [1.807, 2.05) is 25.1 Å². The Hall–Kier alpha value is -3.84. The maximum Gasteiger partial charge on any atom is 0.264 e. The van der Waals surface area contributed by atoms with Crippen molar-refractivity contribution in [3.8, 4) is 5.75 Å². The highest BCUT2D eigenvalue weighted by Gasteiger charge is 2.29. The van der Waals surface area contributed by atoms with Gasteiger partial charge in [-0.25, -0.2) is 8.42 Å². The number of para-hydroxylation sites is 2. The third kappa shape index (κ3) is 6.12. The van der Waals surface area contributed by atoms with Crippen molar-refractivity contribution in [2.24, 2.45) is 5.92 Å². The number of anilines is 1. The standard InChI is InChI=1S/C30H32N2O4S/c1-22-15-17-26(18-16-22)37(34,35)32(28-13-6-7-14-29(28)36-3)21-30(33)31-20-23(2)19-25-11-8-10-24-9-4-5-12-27(24)25/h4-18,23H,19-21H2,1-3H3,(H,31,33). The number of methoxy groups -OCH3 is 1. The SMILES string of the molecule is COc1ccccc1N(CC(=O)NCC(C)Cc1cccc2ccccc12)S(=O)(=O)c1ccc(C)cc1. The van der Waals surface area contributed by atoms with E-state index in [0.29, 0.717) is 18.0 Å². The minimum absolute atomic E-state index is 0.112. The molecule has 6 nitrogen and oxygen atoms in total. The van der Waals surface area contributed by atoms with Gasteiger partial charge >= 0.3 is 0 Å². The molecular weight excluding hydrogens is 484 g/mol. The Morgan fingerprint density at radius 3 is 2.35 bits per heavy atom. The lowest BCUT2D eigenvalue weighted by molar-refractivity contribution is -0.119. The highest BCUT2D eigenvalue weighted by molar-refractivity contribution is 7.92. The van der Waals surface area contributed by atoms with Crippen molar-refractivity contribution in [3.63, 3.8) is 0 Å².